The molecule has 0 fully saturated rings. The number of benzene rings is 2. The zero-order chi connectivity index (χ0) is 16.9. The minimum Gasteiger partial charge on any atom is -0.470 e. The lowest BCUT2D eigenvalue weighted by Gasteiger charge is -2.08. The smallest absolute Gasteiger partial charge is 0.276 e. The molecule has 1 amide bonds. The van der Waals surface area contributed by atoms with Crippen LogP contribution in [0.3, 0.4) is 0 Å². The quantitative estimate of drug-likeness (QED) is 0.728. The van der Waals surface area contributed by atoms with Crippen LogP contribution >= 0.6 is 23.2 Å². The first-order valence-corrected chi connectivity index (χ1v) is 7.86. The van der Waals surface area contributed by atoms with Gasteiger partial charge in [-0.2, -0.15) is 5.10 Å². The van der Waals surface area contributed by atoms with Crippen molar-refractivity contribution in [2.24, 2.45) is 0 Å². The lowest BCUT2D eigenvalue weighted by atomic mass is 10.3. The Morgan fingerprint density at radius 3 is 2.67 bits per heavy atom. The summed E-state index contributed by atoms with van der Waals surface area (Å²) in [5.41, 5.74) is 0.999. The highest BCUT2D eigenvalue weighted by molar-refractivity contribution is 6.42. The van der Waals surface area contributed by atoms with Crippen LogP contribution in [0.2, 0.25) is 10.0 Å². The van der Waals surface area contributed by atoms with Gasteiger partial charge >= 0.3 is 0 Å². The molecule has 0 unspecified atom stereocenters. The first-order chi connectivity index (χ1) is 11.6. The lowest BCUT2D eigenvalue weighted by Crippen LogP contribution is -2.14. The molecule has 3 rings (SSSR count). The molecule has 0 saturated heterocycles. The Bertz CT molecular complexity index is 850. The highest BCUT2D eigenvalue weighted by atomic mass is 35.5. The van der Waals surface area contributed by atoms with Gasteiger partial charge in [0.25, 0.3) is 5.91 Å². The number of para-hydroxylation sites is 1. The fraction of sp³-hybridized carbons (Fsp3) is 0.0588. The van der Waals surface area contributed by atoms with E-state index in [9.17, 15) is 4.79 Å². The molecule has 1 heterocycles. The summed E-state index contributed by atoms with van der Waals surface area (Å²) in [6, 6.07) is 15.9. The van der Waals surface area contributed by atoms with Gasteiger partial charge in [-0.25, -0.2) is 4.68 Å². The van der Waals surface area contributed by atoms with Crippen molar-refractivity contribution in [3.8, 4) is 5.75 Å². The van der Waals surface area contributed by atoms with E-state index in [-0.39, 0.29) is 12.6 Å². The van der Waals surface area contributed by atoms with Crippen LogP contribution < -0.4 is 10.1 Å². The number of carbonyl (C=O) groups is 1. The fourth-order valence-electron chi connectivity index (χ4n) is 2.00. The maximum Gasteiger partial charge on any atom is 0.276 e. The van der Waals surface area contributed by atoms with E-state index in [1.807, 2.05) is 18.2 Å². The van der Waals surface area contributed by atoms with E-state index in [0.717, 1.165) is 0 Å². The molecule has 0 bridgehead atoms. The van der Waals surface area contributed by atoms with Gasteiger partial charge in [0.05, 0.1) is 5.02 Å². The van der Waals surface area contributed by atoms with Crippen LogP contribution in [0.1, 0.15) is 10.5 Å². The van der Waals surface area contributed by atoms with Crippen LogP contribution in [0.15, 0.2) is 60.8 Å². The third kappa shape index (κ3) is 3.88. The Hall–Kier alpha value is -2.50. The largest absolute Gasteiger partial charge is 0.470 e. The van der Waals surface area contributed by atoms with Crippen molar-refractivity contribution in [2.75, 3.05) is 5.32 Å². The van der Waals surface area contributed by atoms with Gasteiger partial charge in [0.1, 0.15) is 10.8 Å². The van der Waals surface area contributed by atoms with E-state index in [1.54, 1.807) is 42.6 Å². The number of nitrogens with one attached hydrogen (secondary N) is 1. The molecular formula is C17H13Cl2N3O2. The molecule has 0 saturated carbocycles. The number of carbonyl (C=O) groups excluding carboxylic acids is 1. The number of ether oxygens (including phenoxy) is 1. The van der Waals surface area contributed by atoms with E-state index < -0.39 is 0 Å². The Balaban J connectivity index is 1.63. The maximum absolute atomic E-state index is 12.1. The minimum absolute atomic E-state index is 0.110. The molecule has 2 aromatic carbocycles. The van der Waals surface area contributed by atoms with Crippen LogP contribution in [-0.2, 0) is 6.73 Å². The minimum atomic E-state index is -0.291. The number of hydrogen-bond donors (Lipinski definition) is 1. The molecule has 3 aromatic rings. The zero-order valence-electron chi connectivity index (χ0n) is 12.4. The average molecular weight is 362 g/mol. The van der Waals surface area contributed by atoms with Crippen LogP contribution in [0, 0.1) is 0 Å². The highest BCUT2D eigenvalue weighted by Crippen LogP contribution is 2.31. The Morgan fingerprint density at radius 1 is 1.08 bits per heavy atom. The van der Waals surface area contributed by atoms with Gasteiger partial charge < -0.3 is 10.1 Å². The molecule has 0 aliphatic carbocycles. The van der Waals surface area contributed by atoms with E-state index in [1.165, 1.54) is 4.68 Å². The summed E-state index contributed by atoms with van der Waals surface area (Å²) >= 11 is 12.0. The number of rotatable bonds is 5. The molecule has 0 aliphatic heterocycles. The predicted octanol–water partition coefficient (Wildman–Crippen LogP) is 4.48. The fourth-order valence-corrected chi connectivity index (χ4v) is 2.35. The molecular weight excluding hydrogens is 349 g/mol. The number of hydrogen-bond acceptors (Lipinski definition) is 3. The molecule has 0 spiro atoms. The monoisotopic (exact) mass is 361 g/mol. The Labute approximate surface area is 148 Å². The summed E-state index contributed by atoms with van der Waals surface area (Å²) in [6.07, 6.45) is 1.65. The third-order valence-electron chi connectivity index (χ3n) is 3.17. The standard InChI is InChI=1S/C17H13Cl2N3O2/c18-13-7-4-8-15(16(13)19)24-11-22-10-9-14(21-22)17(23)20-12-5-2-1-3-6-12/h1-10H,11H2,(H,20,23). The molecule has 1 N–H and O–H groups in total. The topological polar surface area (TPSA) is 56.2 Å². The van der Waals surface area contributed by atoms with Gasteiger partial charge in [-0.05, 0) is 30.3 Å². The molecule has 0 atom stereocenters. The molecule has 0 aliphatic rings. The predicted molar refractivity (Wildman–Crippen MR) is 93.7 cm³/mol. The van der Waals surface area contributed by atoms with Gasteiger partial charge in [0.2, 0.25) is 0 Å². The second kappa shape index (κ2) is 7.38. The first-order valence-electron chi connectivity index (χ1n) is 7.10. The van der Waals surface area contributed by atoms with E-state index in [2.05, 4.69) is 10.4 Å². The van der Waals surface area contributed by atoms with Crippen molar-refractivity contribution in [2.45, 2.75) is 6.73 Å². The SMILES string of the molecule is O=C(Nc1ccccc1)c1ccn(COc2cccc(Cl)c2Cl)n1. The Kier molecular flexibility index (Phi) is 5.03. The molecule has 7 heteroatoms. The lowest BCUT2D eigenvalue weighted by molar-refractivity contribution is 0.102. The summed E-state index contributed by atoms with van der Waals surface area (Å²) < 4.78 is 7.06. The van der Waals surface area contributed by atoms with Gasteiger partial charge in [-0.3, -0.25) is 4.79 Å². The van der Waals surface area contributed by atoms with Gasteiger partial charge in [-0.1, -0.05) is 47.5 Å². The van der Waals surface area contributed by atoms with Crippen molar-refractivity contribution in [3.05, 3.63) is 76.5 Å². The molecule has 0 radical (unpaired) electrons. The molecule has 5 nitrogen and oxygen atoms in total. The first kappa shape index (κ1) is 16.4. The molecule has 122 valence electrons. The van der Waals surface area contributed by atoms with Crippen LogP contribution in [0.4, 0.5) is 5.69 Å². The second-order valence-electron chi connectivity index (χ2n) is 4.89. The summed E-state index contributed by atoms with van der Waals surface area (Å²) in [6.45, 7) is 0.110. The number of aromatic nitrogens is 2. The summed E-state index contributed by atoms with van der Waals surface area (Å²) in [5, 5.41) is 7.70. The van der Waals surface area contributed by atoms with Crippen LogP contribution in [0.25, 0.3) is 0 Å². The van der Waals surface area contributed by atoms with Crippen LogP contribution in [0.5, 0.6) is 5.75 Å². The number of nitrogens with zero attached hydrogens (tertiary/aromatic N) is 2. The second-order valence-corrected chi connectivity index (χ2v) is 5.67. The summed E-state index contributed by atoms with van der Waals surface area (Å²) in [7, 11) is 0. The van der Waals surface area contributed by atoms with E-state index >= 15 is 0 Å². The summed E-state index contributed by atoms with van der Waals surface area (Å²) in [4.78, 5) is 12.1. The van der Waals surface area contributed by atoms with Crippen LogP contribution in [-0.4, -0.2) is 15.7 Å². The zero-order valence-corrected chi connectivity index (χ0v) is 14.0. The molecule has 24 heavy (non-hydrogen) atoms. The van der Waals surface area contributed by atoms with E-state index in [0.29, 0.717) is 27.2 Å². The van der Waals surface area contributed by atoms with E-state index in [4.69, 9.17) is 27.9 Å². The number of anilines is 1. The van der Waals surface area contributed by atoms with Gasteiger partial charge in [-0.15, -0.1) is 0 Å². The summed E-state index contributed by atoms with van der Waals surface area (Å²) in [5.74, 6) is 0.163. The van der Waals surface area contributed by atoms with Gasteiger partial charge in [0.15, 0.2) is 12.4 Å². The normalized spacial score (nSPS) is 10.4. The van der Waals surface area contributed by atoms with Crippen molar-refractivity contribution in [1.29, 1.82) is 0 Å². The van der Waals surface area contributed by atoms with Crippen molar-refractivity contribution in [3.63, 3.8) is 0 Å². The highest BCUT2D eigenvalue weighted by Gasteiger charge is 2.11. The maximum atomic E-state index is 12.1. The van der Waals surface area contributed by atoms with Crippen molar-refractivity contribution >= 4 is 34.8 Å². The Morgan fingerprint density at radius 2 is 1.88 bits per heavy atom. The van der Waals surface area contributed by atoms with Crippen molar-refractivity contribution < 1.29 is 9.53 Å². The average Bonchev–Trinajstić information content (AvgIpc) is 3.06. The number of amides is 1. The van der Waals surface area contributed by atoms with Crippen molar-refractivity contribution in [1.82, 2.24) is 9.78 Å². The molecule has 1 aromatic heterocycles. The van der Waals surface area contributed by atoms with Gasteiger partial charge in [0, 0.05) is 11.9 Å². The third-order valence-corrected chi connectivity index (χ3v) is 3.98. The number of halogens is 2.